The summed E-state index contributed by atoms with van der Waals surface area (Å²) >= 11 is 1.13. The van der Waals surface area contributed by atoms with Gasteiger partial charge < -0.3 is 4.90 Å². The SMILES string of the molecule is CN1C(=O)C(=c2sc3nc(-c4ccc(F)cc4)nn3c2=O)c2ccccc21. The molecule has 8 heteroatoms. The fourth-order valence-electron chi connectivity index (χ4n) is 3.20. The van der Waals surface area contributed by atoms with Crippen LogP contribution in [0.1, 0.15) is 5.56 Å². The molecule has 27 heavy (non-hydrogen) atoms. The topological polar surface area (TPSA) is 67.6 Å². The molecule has 0 saturated carbocycles. The van der Waals surface area contributed by atoms with Gasteiger partial charge in [0.05, 0.1) is 11.3 Å². The number of carbonyl (C=O) groups is 1. The number of amides is 1. The fourth-order valence-corrected chi connectivity index (χ4v) is 4.19. The summed E-state index contributed by atoms with van der Waals surface area (Å²) in [6.45, 7) is 0. The van der Waals surface area contributed by atoms with E-state index in [0.29, 0.717) is 26.5 Å². The summed E-state index contributed by atoms with van der Waals surface area (Å²) in [6, 6.07) is 13.1. The maximum absolute atomic E-state index is 13.1. The second kappa shape index (κ2) is 5.55. The summed E-state index contributed by atoms with van der Waals surface area (Å²) in [4.78, 5) is 31.9. The fraction of sp³-hybridized carbons (Fsp3) is 0.0526. The standard InChI is InChI=1S/C19H11FN4O2S/c1-23-13-5-3-2-4-12(13)14(17(23)25)15-18(26)24-19(27-15)21-16(22-24)10-6-8-11(20)9-7-10/h2-9H,1H3. The normalized spacial score (nSPS) is 15.6. The van der Waals surface area contributed by atoms with Gasteiger partial charge in [-0.2, -0.15) is 9.50 Å². The number of carbonyl (C=O) groups excluding carboxylic acids is 1. The number of fused-ring (bicyclic) bond motifs is 2. The average Bonchev–Trinajstić information content (AvgIpc) is 3.29. The number of nitrogens with zero attached hydrogens (tertiary/aromatic N) is 4. The van der Waals surface area contributed by atoms with E-state index in [4.69, 9.17) is 0 Å². The van der Waals surface area contributed by atoms with Crippen LogP contribution in [-0.2, 0) is 4.79 Å². The molecule has 0 unspecified atom stereocenters. The van der Waals surface area contributed by atoms with E-state index in [2.05, 4.69) is 10.1 Å². The number of hydrogen-bond donors (Lipinski definition) is 0. The van der Waals surface area contributed by atoms with Gasteiger partial charge in [-0.3, -0.25) is 9.59 Å². The van der Waals surface area contributed by atoms with E-state index in [1.807, 2.05) is 24.3 Å². The predicted molar refractivity (Wildman–Crippen MR) is 100 cm³/mol. The smallest absolute Gasteiger partial charge is 0.291 e. The van der Waals surface area contributed by atoms with Crippen molar-refractivity contribution in [1.29, 1.82) is 0 Å². The summed E-state index contributed by atoms with van der Waals surface area (Å²) < 4.78 is 14.6. The Bertz CT molecular complexity index is 1340. The van der Waals surface area contributed by atoms with E-state index in [0.717, 1.165) is 22.6 Å². The van der Waals surface area contributed by atoms with Crippen molar-refractivity contribution in [2.75, 3.05) is 11.9 Å². The highest BCUT2D eigenvalue weighted by molar-refractivity contribution is 7.15. The number of aromatic nitrogens is 3. The molecule has 3 heterocycles. The molecule has 0 spiro atoms. The summed E-state index contributed by atoms with van der Waals surface area (Å²) in [5.74, 6) is -0.243. The molecule has 0 atom stereocenters. The molecule has 132 valence electrons. The molecule has 0 radical (unpaired) electrons. The summed E-state index contributed by atoms with van der Waals surface area (Å²) in [6.07, 6.45) is 0. The Morgan fingerprint density at radius 3 is 2.52 bits per heavy atom. The van der Waals surface area contributed by atoms with Crippen molar-refractivity contribution in [2.45, 2.75) is 0 Å². The van der Waals surface area contributed by atoms with Gasteiger partial charge in [-0.05, 0) is 30.3 Å². The molecular formula is C19H11FN4O2S. The van der Waals surface area contributed by atoms with Crippen molar-refractivity contribution in [3.63, 3.8) is 0 Å². The number of likely N-dealkylation sites (N-methyl/N-ethyl adjacent to an activating group) is 1. The Balaban J connectivity index is 1.75. The monoisotopic (exact) mass is 378 g/mol. The first kappa shape index (κ1) is 15.8. The molecule has 0 bridgehead atoms. The molecule has 1 aliphatic heterocycles. The first-order valence-corrected chi connectivity index (χ1v) is 8.93. The van der Waals surface area contributed by atoms with Gasteiger partial charge in [-0.15, -0.1) is 5.10 Å². The minimum Gasteiger partial charge on any atom is -0.311 e. The van der Waals surface area contributed by atoms with Crippen LogP contribution < -0.4 is 15.0 Å². The van der Waals surface area contributed by atoms with Crippen molar-refractivity contribution < 1.29 is 9.18 Å². The molecule has 6 nitrogen and oxygen atoms in total. The van der Waals surface area contributed by atoms with Crippen molar-refractivity contribution in [3.05, 3.63) is 74.8 Å². The molecule has 2 aromatic heterocycles. The maximum atomic E-state index is 13.1. The number of anilines is 1. The van der Waals surface area contributed by atoms with Crippen LogP contribution in [0.5, 0.6) is 0 Å². The third kappa shape index (κ3) is 2.23. The van der Waals surface area contributed by atoms with E-state index in [1.54, 1.807) is 19.2 Å². The maximum Gasteiger partial charge on any atom is 0.291 e. The van der Waals surface area contributed by atoms with Crippen LogP contribution in [0.2, 0.25) is 0 Å². The lowest BCUT2D eigenvalue weighted by atomic mass is 10.1. The van der Waals surface area contributed by atoms with Crippen LogP contribution >= 0.6 is 11.3 Å². The Morgan fingerprint density at radius 2 is 1.78 bits per heavy atom. The Hall–Kier alpha value is -3.39. The van der Waals surface area contributed by atoms with E-state index in [-0.39, 0.29) is 17.3 Å². The third-order valence-corrected chi connectivity index (χ3v) is 5.57. The molecule has 5 rings (SSSR count). The number of benzene rings is 2. The molecule has 0 fully saturated rings. The van der Waals surface area contributed by atoms with Gasteiger partial charge in [-0.1, -0.05) is 29.5 Å². The lowest BCUT2D eigenvalue weighted by Gasteiger charge is -2.07. The first-order valence-electron chi connectivity index (χ1n) is 8.12. The molecule has 0 aliphatic carbocycles. The zero-order chi connectivity index (χ0) is 18.7. The van der Waals surface area contributed by atoms with Crippen LogP contribution in [0.3, 0.4) is 0 Å². The van der Waals surface area contributed by atoms with Crippen molar-refractivity contribution in [2.24, 2.45) is 0 Å². The number of halogens is 1. The van der Waals surface area contributed by atoms with Crippen molar-refractivity contribution in [3.8, 4) is 11.4 Å². The Morgan fingerprint density at radius 1 is 1.04 bits per heavy atom. The Kier molecular flexibility index (Phi) is 3.26. The number of para-hydroxylation sites is 1. The Labute approximate surface area is 155 Å². The summed E-state index contributed by atoms with van der Waals surface area (Å²) in [5, 5.41) is 4.25. The summed E-state index contributed by atoms with van der Waals surface area (Å²) in [5.41, 5.74) is 2.10. The van der Waals surface area contributed by atoms with Crippen LogP contribution in [-0.4, -0.2) is 27.6 Å². The van der Waals surface area contributed by atoms with Crippen molar-refractivity contribution >= 4 is 33.5 Å². The first-order chi connectivity index (χ1) is 13.0. The van der Waals surface area contributed by atoms with Crippen LogP contribution in [0.25, 0.3) is 21.9 Å². The van der Waals surface area contributed by atoms with E-state index < -0.39 is 0 Å². The minimum absolute atomic E-state index is 0.225. The largest absolute Gasteiger partial charge is 0.311 e. The quantitative estimate of drug-likeness (QED) is 0.507. The van der Waals surface area contributed by atoms with Crippen molar-refractivity contribution in [1.82, 2.24) is 14.6 Å². The van der Waals surface area contributed by atoms with Gasteiger partial charge in [-0.25, -0.2) is 4.39 Å². The van der Waals surface area contributed by atoms with E-state index in [1.165, 1.54) is 21.5 Å². The number of thiazole rings is 1. The number of rotatable bonds is 1. The average molecular weight is 378 g/mol. The third-order valence-electron chi connectivity index (χ3n) is 4.54. The van der Waals surface area contributed by atoms with Gasteiger partial charge in [0.15, 0.2) is 5.82 Å². The van der Waals surface area contributed by atoms with Gasteiger partial charge in [0.25, 0.3) is 11.5 Å². The van der Waals surface area contributed by atoms with Crippen LogP contribution in [0.15, 0.2) is 53.3 Å². The van der Waals surface area contributed by atoms with Gasteiger partial charge in [0.1, 0.15) is 10.3 Å². The van der Waals surface area contributed by atoms with Gasteiger partial charge >= 0.3 is 0 Å². The highest BCUT2D eigenvalue weighted by Crippen LogP contribution is 2.33. The number of hydrogen-bond acceptors (Lipinski definition) is 5. The molecule has 4 aromatic rings. The summed E-state index contributed by atoms with van der Waals surface area (Å²) in [7, 11) is 1.68. The molecule has 1 aliphatic rings. The van der Waals surface area contributed by atoms with Crippen LogP contribution in [0, 0.1) is 5.82 Å². The molecule has 0 saturated heterocycles. The second-order valence-corrected chi connectivity index (χ2v) is 7.11. The minimum atomic E-state index is -0.385. The molecule has 1 amide bonds. The van der Waals surface area contributed by atoms with E-state index >= 15 is 0 Å². The molecule has 2 aromatic carbocycles. The van der Waals surface area contributed by atoms with Gasteiger partial charge in [0, 0.05) is 18.2 Å². The second-order valence-electron chi connectivity index (χ2n) is 6.13. The lowest BCUT2D eigenvalue weighted by molar-refractivity contribution is -0.112. The lowest BCUT2D eigenvalue weighted by Crippen LogP contribution is -2.30. The molecular weight excluding hydrogens is 367 g/mol. The zero-order valence-electron chi connectivity index (χ0n) is 14.0. The van der Waals surface area contributed by atoms with E-state index in [9.17, 15) is 14.0 Å². The highest BCUT2D eigenvalue weighted by atomic mass is 32.1. The highest BCUT2D eigenvalue weighted by Gasteiger charge is 2.31. The molecule has 0 N–H and O–H groups in total. The zero-order valence-corrected chi connectivity index (χ0v) is 14.8. The van der Waals surface area contributed by atoms with Gasteiger partial charge in [0.2, 0.25) is 4.96 Å². The predicted octanol–water partition coefficient (Wildman–Crippen LogP) is 1.85. The van der Waals surface area contributed by atoms with Crippen LogP contribution in [0.4, 0.5) is 10.1 Å².